The van der Waals surface area contributed by atoms with E-state index < -0.39 is 0 Å². The number of ether oxygens (including phenoxy) is 2. The zero-order valence-corrected chi connectivity index (χ0v) is 17.6. The fourth-order valence-electron chi connectivity index (χ4n) is 3.45. The maximum absolute atomic E-state index is 11.4. The number of hydrogen-bond acceptors (Lipinski definition) is 4. The van der Waals surface area contributed by atoms with Crippen molar-refractivity contribution in [2.75, 3.05) is 25.0 Å². The molecule has 0 bridgehead atoms. The van der Waals surface area contributed by atoms with Gasteiger partial charge in [0.05, 0.1) is 18.7 Å². The van der Waals surface area contributed by atoms with Crippen molar-refractivity contribution in [2.45, 2.75) is 45.4 Å². The van der Waals surface area contributed by atoms with Gasteiger partial charge < -0.3 is 25.0 Å². The lowest BCUT2D eigenvalue weighted by atomic mass is 10.1. The molecule has 1 aliphatic heterocycles. The van der Waals surface area contributed by atoms with Crippen molar-refractivity contribution >= 4 is 11.7 Å². The first kappa shape index (κ1) is 20.8. The molecule has 2 amide bonds. The molecule has 2 N–H and O–H groups in total. The van der Waals surface area contributed by atoms with E-state index in [-0.39, 0.29) is 24.3 Å². The molecule has 2 aromatic rings. The minimum absolute atomic E-state index is 0.0615. The van der Waals surface area contributed by atoms with E-state index in [0.29, 0.717) is 0 Å². The third-order valence-corrected chi connectivity index (χ3v) is 4.98. The van der Waals surface area contributed by atoms with E-state index >= 15 is 0 Å². The summed E-state index contributed by atoms with van der Waals surface area (Å²) in [5.41, 5.74) is 2.23. The topological polar surface area (TPSA) is 62.8 Å². The second-order valence-electron chi connectivity index (χ2n) is 7.65. The molecule has 0 saturated carbocycles. The Labute approximate surface area is 173 Å². The Kier molecular flexibility index (Phi) is 6.86. The van der Waals surface area contributed by atoms with E-state index in [1.807, 2.05) is 57.2 Å². The van der Waals surface area contributed by atoms with Crippen LogP contribution in [0.4, 0.5) is 10.5 Å². The van der Waals surface area contributed by atoms with Gasteiger partial charge in [0.25, 0.3) is 0 Å². The lowest BCUT2D eigenvalue weighted by Crippen LogP contribution is -2.34. The number of nitrogens with one attached hydrogen (secondary N) is 2. The Bertz CT molecular complexity index is 790. The Morgan fingerprint density at radius 2 is 1.69 bits per heavy atom. The number of anilines is 1. The van der Waals surface area contributed by atoms with Crippen molar-refractivity contribution in [1.82, 2.24) is 10.6 Å². The van der Waals surface area contributed by atoms with Gasteiger partial charge in [-0.1, -0.05) is 12.1 Å². The monoisotopic (exact) mass is 397 g/mol. The van der Waals surface area contributed by atoms with Crippen molar-refractivity contribution in [3.05, 3.63) is 54.1 Å². The average molecular weight is 398 g/mol. The summed E-state index contributed by atoms with van der Waals surface area (Å²) in [4.78, 5) is 13.8. The van der Waals surface area contributed by atoms with Crippen LogP contribution in [0.3, 0.4) is 0 Å². The second-order valence-corrected chi connectivity index (χ2v) is 7.65. The highest BCUT2D eigenvalue weighted by molar-refractivity contribution is 5.73. The minimum Gasteiger partial charge on any atom is -0.491 e. The maximum Gasteiger partial charge on any atom is 0.315 e. The molecule has 6 nitrogen and oxygen atoms in total. The fourth-order valence-corrected chi connectivity index (χ4v) is 3.45. The van der Waals surface area contributed by atoms with Crippen LogP contribution in [0.2, 0.25) is 0 Å². The highest BCUT2D eigenvalue weighted by Crippen LogP contribution is 2.26. The van der Waals surface area contributed by atoms with Crippen molar-refractivity contribution in [2.24, 2.45) is 0 Å². The second kappa shape index (κ2) is 9.54. The SMILES string of the molecule is CNC(=O)N[C@@H](C)c1ccc(OC2CCN(c3ccc(OC(C)C)cc3)C2)cc1. The summed E-state index contributed by atoms with van der Waals surface area (Å²) in [6.07, 6.45) is 1.33. The van der Waals surface area contributed by atoms with E-state index in [1.54, 1.807) is 7.05 Å². The van der Waals surface area contributed by atoms with Crippen LogP contribution in [0.15, 0.2) is 48.5 Å². The molecule has 0 spiro atoms. The van der Waals surface area contributed by atoms with Gasteiger partial charge >= 0.3 is 6.03 Å². The van der Waals surface area contributed by atoms with Crippen molar-refractivity contribution in [3.63, 3.8) is 0 Å². The van der Waals surface area contributed by atoms with E-state index in [4.69, 9.17) is 9.47 Å². The number of hydrogen-bond donors (Lipinski definition) is 2. The van der Waals surface area contributed by atoms with Gasteiger partial charge in [0.15, 0.2) is 0 Å². The number of urea groups is 1. The summed E-state index contributed by atoms with van der Waals surface area (Å²) >= 11 is 0. The van der Waals surface area contributed by atoms with Crippen molar-refractivity contribution in [3.8, 4) is 11.5 Å². The molecule has 6 heteroatoms. The third kappa shape index (κ3) is 5.79. The molecule has 1 saturated heterocycles. The van der Waals surface area contributed by atoms with Crippen LogP contribution >= 0.6 is 0 Å². The molecule has 1 aliphatic rings. The molecule has 2 aromatic carbocycles. The zero-order valence-electron chi connectivity index (χ0n) is 17.6. The standard InChI is InChI=1S/C23H31N3O3/c1-16(2)28-20-11-7-19(8-12-20)26-14-13-22(15-26)29-21-9-5-18(6-10-21)17(3)25-23(27)24-4/h5-12,16-17,22H,13-15H2,1-4H3,(H2,24,25,27)/t17-,22?/m0/s1. The molecule has 1 unspecified atom stereocenters. The van der Waals surface area contributed by atoms with Crippen LogP contribution in [0, 0.1) is 0 Å². The maximum atomic E-state index is 11.4. The Morgan fingerprint density at radius 1 is 1.03 bits per heavy atom. The first-order valence-electron chi connectivity index (χ1n) is 10.2. The number of nitrogens with zero attached hydrogens (tertiary/aromatic N) is 1. The van der Waals surface area contributed by atoms with Gasteiger partial charge in [-0.2, -0.15) is 0 Å². The summed E-state index contributed by atoms with van der Waals surface area (Å²) in [6, 6.07) is 15.9. The predicted octanol–water partition coefficient (Wildman–Crippen LogP) is 4.12. The summed E-state index contributed by atoms with van der Waals surface area (Å²) in [7, 11) is 1.61. The van der Waals surface area contributed by atoms with E-state index in [1.165, 1.54) is 5.69 Å². The first-order valence-corrected chi connectivity index (χ1v) is 10.2. The van der Waals surface area contributed by atoms with E-state index in [0.717, 1.165) is 36.6 Å². The number of carbonyl (C=O) groups excluding carboxylic acids is 1. The Balaban J connectivity index is 1.52. The minimum atomic E-state index is -0.187. The van der Waals surface area contributed by atoms with Gasteiger partial charge in [0, 0.05) is 25.7 Å². The summed E-state index contributed by atoms with van der Waals surface area (Å²) < 4.78 is 11.9. The number of benzene rings is 2. The summed E-state index contributed by atoms with van der Waals surface area (Å²) in [5.74, 6) is 1.75. The molecule has 0 radical (unpaired) electrons. The van der Waals surface area contributed by atoms with E-state index in [2.05, 4.69) is 27.7 Å². The van der Waals surface area contributed by atoms with Gasteiger partial charge in [-0.15, -0.1) is 0 Å². The number of rotatable bonds is 7. The highest BCUT2D eigenvalue weighted by atomic mass is 16.5. The molecule has 1 fully saturated rings. The van der Waals surface area contributed by atoms with Crippen molar-refractivity contribution in [1.29, 1.82) is 0 Å². The molecule has 156 valence electrons. The van der Waals surface area contributed by atoms with Gasteiger partial charge in [-0.25, -0.2) is 4.79 Å². The average Bonchev–Trinajstić information content (AvgIpc) is 3.17. The van der Waals surface area contributed by atoms with E-state index in [9.17, 15) is 4.79 Å². The quantitative estimate of drug-likeness (QED) is 0.738. The van der Waals surface area contributed by atoms with Gasteiger partial charge in [0.1, 0.15) is 17.6 Å². The fraction of sp³-hybridized carbons (Fsp3) is 0.435. The Hall–Kier alpha value is -2.89. The van der Waals surface area contributed by atoms with Crippen molar-refractivity contribution < 1.29 is 14.3 Å². The van der Waals surface area contributed by atoms with Crippen LogP contribution in [0.1, 0.15) is 38.8 Å². The molecular formula is C23H31N3O3. The molecule has 0 aliphatic carbocycles. The lowest BCUT2D eigenvalue weighted by Gasteiger charge is -2.20. The molecular weight excluding hydrogens is 366 g/mol. The first-order chi connectivity index (χ1) is 13.9. The van der Waals surface area contributed by atoms with Gasteiger partial charge in [0.2, 0.25) is 0 Å². The normalized spacial score (nSPS) is 17.1. The van der Waals surface area contributed by atoms with Crippen LogP contribution < -0.4 is 25.0 Å². The largest absolute Gasteiger partial charge is 0.491 e. The van der Waals surface area contributed by atoms with Crippen LogP contribution in [-0.2, 0) is 0 Å². The molecule has 3 rings (SSSR count). The summed E-state index contributed by atoms with van der Waals surface area (Å²) in [5, 5.41) is 5.44. The molecule has 2 atom stereocenters. The van der Waals surface area contributed by atoms with Gasteiger partial charge in [-0.05, 0) is 62.7 Å². The van der Waals surface area contributed by atoms with Crippen LogP contribution in [0.25, 0.3) is 0 Å². The highest BCUT2D eigenvalue weighted by Gasteiger charge is 2.24. The number of carbonyl (C=O) groups is 1. The van der Waals surface area contributed by atoms with Gasteiger partial charge in [-0.3, -0.25) is 0 Å². The molecule has 0 aromatic heterocycles. The smallest absolute Gasteiger partial charge is 0.315 e. The zero-order chi connectivity index (χ0) is 20.8. The molecule has 1 heterocycles. The lowest BCUT2D eigenvalue weighted by molar-refractivity contribution is 0.225. The predicted molar refractivity (Wildman–Crippen MR) is 116 cm³/mol. The third-order valence-electron chi connectivity index (χ3n) is 4.98. The van der Waals surface area contributed by atoms with Crippen LogP contribution in [0.5, 0.6) is 11.5 Å². The Morgan fingerprint density at radius 3 is 2.31 bits per heavy atom. The van der Waals surface area contributed by atoms with Crippen LogP contribution in [-0.4, -0.2) is 38.4 Å². The molecule has 29 heavy (non-hydrogen) atoms. The summed E-state index contributed by atoms with van der Waals surface area (Å²) in [6.45, 7) is 7.85. The number of amides is 2.